The van der Waals surface area contributed by atoms with Gasteiger partial charge in [-0.05, 0) is 18.9 Å². The number of carbonyl (C=O) groups is 2. The summed E-state index contributed by atoms with van der Waals surface area (Å²) in [5.74, 6) is -0.663. The van der Waals surface area contributed by atoms with Crippen molar-refractivity contribution in [2.24, 2.45) is 0 Å². The molecule has 1 rings (SSSR count). The number of nitro groups is 1. The van der Waals surface area contributed by atoms with Crippen LogP contribution in [0, 0.1) is 10.1 Å². The standard InChI is InChI=1S/C5H7N3O4/c1-5(2)3(9)6-4(10)7(5)8(11)12/h1-2H3,(H,6,9,10). The largest absolute Gasteiger partial charge is 0.383 e. The van der Waals surface area contributed by atoms with Gasteiger partial charge in [0.1, 0.15) is 0 Å². The van der Waals surface area contributed by atoms with Crippen LogP contribution < -0.4 is 5.32 Å². The third kappa shape index (κ3) is 0.900. The van der Waals surface area contributed by atoms with Gasteiger partial charge in [0.25, 0.3) is 5.91 Å². The molecule has 0 unspecified atom stereocenters. The molecule has 3 amide bonds. The van der Waals surface area contributed by atoms with Crippen LogP contribution in [0.1, 0.15) is 13.8 Å². The molecule has 0 aromatic carbocycles. The monoisotopic (exact) mass is 173 g/mol. The summed E-state index contributed by atoms with van der Waals surface area (Å²) in [7, 11) is 0. The Morgan fingerprint density at radius 2 is 2.00 bits per heavy atom. The van der Waals surface area contributed by atoms with Crippen LogP contribution in [0.5, 0.6) is 0 Å². The molecular formula is C5H7N3O4. The van der Waals surface area contributed by atoms with Crippen LogP contribution in [0.15, 0.2) is 0 Å². The molecular weight excluding hydrogens is 166 g/mol. The summed E-state index contributed by atoms with van der Waals surface area (Å²) in [6.07, 6.45) is 0. The molecule has 1 N–H and O–H groups in total. The highest BCUT2D eigenvalue weighted by Crippen LogP contribution is 2.19. The molecule has 7 heteroatoms. The Labute approximate surface area is 67.4 Å². The number of hydrazine groups is 1. The van der Waals surface area contributed by atoms with Crippen molar-refractivity contribution in [1.29, 1.82) is 0 Å². The van der Waals surface area contributed by atoms with E-state index in [1.165, 1.54) is 13.8 Å². The number of nitrogens with one attached hydrogen (secondary N) is 1. The average Bonchev–Trinajstić information content (AvgIpc) is 2.02. The van der Waals surface area contributed by atoms with Gasteiger partial charge in [0.2, 0.25) is 0 Å². The van der Waals surface area contributed by atoms with E-state index in [9.17, 15) is 19.7 Å². The molecule has 1 heterocycles. The first kappa shape index (κ1) is 8.44. The fraction of sp³-hybridized carbons (Fsp3) is 0.600. The molecule has 0 saturated carbocycles. The average molecular weight is 173 g/mol. The van der Waals surface area contributed by atoms with Crippen LogP contribution in [0.3, 0.4) is 0 Å². The molecule has 0 aromatic heterocycles. The predicted octanol–water partition coefficient (Wildman–Crippen LogP) is -0.491. The summed E-state index contributed by atoms with van der Waals surface area (Å²) in [4.78, 5) is 32.0. The molecule has 1 aliphatic heterocycles. The fourth-order valence-corrected chi connectivity index (χ4v) is 0.931. The third-order valence-electron chi connectivity index (χ3n) is 1.66. The zero-order valence-corrected chi connectivity index (χ0v) is 6.53. The van der Waals surface area contributed by atoms with Gasteiger partial charge >= 0.3 is 6.03 Å². The Kier molecular flexibility index (Phi) is 1.52. The first-order valence-corrected chi connectivity index (χ1v) is 3.17. The molecule has 0 atom stereocenters. The minimum atomic E-state index is -1.40. The van der Waals surface area contributed by atoms with Crippen molar-refractivity contribution in [3.8, 4) is 0 Å². The van der Waals surface area contributed by atoms with Gasteiger partial charge in [-0.2, -0.15) is 0 Å². The lowest BCUT2D eigenvalue weighted by Gasteiger charge is -2.16. The number of amides is 3. The maximum atomic E-state index is 10.9. The lowest BCUT2D eigenvalue weighted by molar-refractivity contribution is -0.643. The lowest BCUT2D eigenvalue weighted by atomic mass is 10.1. The summed E-state index contributed by atoms with van der Waals surface area (Å²) in [5.41, 5.74) is -1.40. The van der Waals surface area contributed by atoms with E-state index in [1.807, 2.05) is 5.32 Å². The van der Waals surface area contributed by atoms with Crippen molar-refractivity contribution in [2.45, 2.75) is 19.4 Å². The van der Waals surface area contributed by atoms with Gasteiger partial charge in [0, 0.05) is 0 Å². The van der Waals surface area contributed by atoms with E-state index in [0.717, 1.165) is 0 Å². The van der Waals surface area contributed by atoms with Crippen LogP contribution in [-0.4, -0.2) is 27.5 Å². The van der Waals surface area contributed by atoms with Crippen molar-refractivity contribution in [1.82, 2.24) is 10.3 Å². The van der Waals surface area contributed by atoms with Gasteiger partial charge in [0.05, 0.1) is 0 Å². The summed E-state index contributed by atoms with van der Waals surface area (Å²) in [5, 5.41) is 11.5. The molecule has 66 valence electrons. The Balaban J connectivity index is 3.07. The maximum absolute atomic E-state index is 10.9. The second-order valence-electron chi connectivity index (χ2n) is 2.87. The maximum Gasteiger partial charge on any atom is 0.383 e. The summed E-state index contributed by atoms with van der Waals surface area (Å²) < 4.78 is 0. The van der Waals surface area contributed by atoms with E-state index >= 15 is 0 Å². The first-order chi connectivity index (χ1) is 5.37. The van der Waals surface area contributed by atoms with Gasteiger partial charge in [-0.1, -0.05) is 0 Å². The highest BCUT2D eigenvalue weighted by atomic mass is 16.7. The van der Waals surface area contributed by atoms with Gasteiger partial charge in [-0.15, -0.1) is 0 Å². The van der Waals surface area contributed by atoms with Gasteiger partial charge in [-0.3, -0.25) is 10.1 Å². The second-order valence-corrected chi connectivity index (χ2v) is 2.87. The van der Waals surface area contributed by atoms with E-state index in [-0.39, 0.29) is 5.01 Å². The van der Waals surface area contributed by atoms with E-state index in [4.69, 9.17) is 0 Å². The Hall–Kier alpha value is -1.66. The molecule has 1 fully saturated rings. The highest BCUT2D eigenvalue weighted by Gasteiger charge is 2.53. The SMILES string of the molecule is CC1(C)C(=O)NC(=O)N1[N+](=O)[O-]. The third-order valence-corrected chi connectivity index (χ3v) is 1.66. The number of hydrogen-bond acceptors (Lipinski definition) is 4. The second kappa shape index (κ2) is 2.16. The lowest BCUT2D eigenvalue weighted by Crippen LogP contribution is -2.47. The molecule has 0 radical (unpaired) electrons. The first-order valence-electron chi connectivity index (χ1n) is 3.17. The number of rotatable bonds is 1. The molecule has 0 aromatic rings. The molecule has 0 bridgehead atoms. The number of nitrogens with zero attached hydrogens (tertiary/aromatic N) is 2. The minimum Gasteiger partial charge on any atom is -0.272 e. The fourth-order valence-electron chi connectivity index (χ4n) is 0.931. The zero-order chi connectivity index (χ0) is 9.52. The van der Waals surface area contributed by atoms with E-state index in [2.05, 4.69) is 0 Å². The van der Waals surface area contributed by atoms with E-state index in [0.29, 0.717) is 0 Å². The van der Waals surface area contributed by atoms with Crippen LogP contribution in [0.25, 0.3) is 0 Å². The molecule has 0 spiro atoms. The predicted molar refractivity (Wildman–Crippen MR) is 36.5 cm³/mol. The quantitative estimate of drug-likeness (QED) is 0.329. The molecule has 0 aliphatic carbocycles. The molecule has 7 nitrogen and oxygen atoms in total. The zero-order valence-electron chi connectivity index (χ0n) is 6.53. The summed E-state index contributed by atoms with van der Waals surface area (Å²) in [6, 6.07) is -0.991. The Morgan fingerprint density at radius 1 is 1.50 bits per heavy atom. The van der Waals surface area contributed by atoms with Crippen molar-refractivity contribution in [3.63, 3.8) is 0 Å². The van der Waals surface area contributed by atoms with Crippen molar-refractivity contribution in [3.05, 3.63) is 10.1 Å². The van der Waals surface area contributed by atoms with Gasteiger partial charge in [0.15, 0.2) is 10.6 Å². The summed E-state index contributed by atoms with van der Waals surface area (Å²) >= 11 is 0. The van der Waals surface area contributed by atoms with Crippen molar-refractivity contribution < 1.29 is 14.6 Å². The smallest absolute Gasteiger partial charge is 0.272 e. The minimum absolute atomic E-state index is 0.273. The van der Waals surface area contributed by atoms with Crippen molar-refractivity contribution in [2.75, 3.05) is 0 Å². The summed E-state index contributed by atoms with van der Waals surface area (Å²) in [6.45, 7) is 2.60. The number of hydrogen-bond donors (Lipinski definition) is 1. The molecule has 1 saturated heterocycles. The normalized spacial score (nSPS) is 21.0. The number of imide groups is 1. The number of carbonyl (C=O) groups excluding carboxylic acids is 2. The van der Waals surface area contributed by atoms with E-state index in [1.54, 1.807) is 0 Å². The Bertz CT molecular complexity index is 272. The van der Waals surface area contributed by atoms with Crippen LogP contribution in [0.2, 0.25) is 0 Å². The van der Waals surface area contributed by atoms with E-state index < -0.39 is 22.5 Å². The Morgan fingerprint density at radius 3 is 2.17 bits per heavy atom. The van der Waals surface area contributed by atoms with Crippen LogP contribution in [0.4, 0.5) is 4.79 Å². The molecule has 12 heavy (non-hydrogen) atoms. The highest BCUT2D eigenvalue weighted by molar-refractivity contribution is 6.05. The number of urea groups is 1. The van der Waals surface area contributed by atoms with Crippen molar-refractivity contribution >= 4 is 11.9 Å². The molecule has 1 aliphatic rings. The van der Waals surface area contributed by atoms with Gasteiger partial charge in [-0.25, -0.2) is 14.9 Å². The van der Waals surface area contributed by atoms with Crippen LogP contribution in [-0.2, 0) is 4.79 Å². The topological polar surface area (TPSA) is 92.6 Å². The van der Waals surface area contributed by atoms with Crippen LogP contribution >= 0.6 is 0 Å². The van der Waals surface area contributed by atoms with Gasteiger partial charge < -0.3 is 0 Å².